The van der Waals surface area contributed by atoms with Crippen LogP contribution in [0.2, 0.25) is 0 Å². The van der Waals surface area contributed by atoms with Gasteiger partial charge < -0.3 is 15.0 Å². The molecule has 37 heavy (non-hydrogen) atoms. The first-order chi connectivity index (χ1) is 17.8. The van der Waals surface area contributed by atoms with Crippen LogP contribution in [0.25, 0.3) is 0 Å². The molecule has 7 heteroatoms. The summed E-state index contributed by atoms with van der Waals surface area (Å²) in [5.41, 5.74) is 4.69. The average Bonchev–Trinajstić information content (AvgIpc) is 2.88. The molecule has 0 aromatic heterocycles. The lowest BCUT2D eigenvalue weighted by molar-refractivity contribution is -0.140. The van der Waals surface area contributed by atoms with Crippen LogP contribution in [0, 0.1) is 12.7 Å². The van der Waals surface area contributed by atoms with Crippen LogP contribution in [0.15, 0.2) is 84.1 Å². The van der Waals surface area contributed by atoms with Gasteiger partial charge in [-0.25, -0.2) is 9.18 Å². The fourth-order valence-corrected chi connectivity index (χ4v) is 4.44. The van der Waals surface area contributed by atoms with E-state index >= 15 is 0 Å². The van der Waals surface area contributed by atoms with Gasteiger partial charge in [-0.2, -0.15) is 0 Å². The Morgan fingerprint density at radius 2 is 1.62 bits per heavy atom. The van der Waals surface area contributed by atoms with Gasteiger partial charge in [-0.3, -0.25) is 9.59 Å². The van der Waals surface area contributed by atoms with Crippen LogP contribution in [0.5, 0.6) is 0 Å². The molecule has 1 aliphatic rings. The highest BCUT2D eigenvalue weighted by Gasteiger charge is 2.36. The Morgan fingerprint density at radius 1 is 0.973 bits per heavy atom. The highest BCUT2D eigenvalue weighted by molar-refractivity contribution is 6.04. The van der Waals surface area contributed by atoms with E-state index in [1.54, 1.807) is 55.1 Å². The number of benzene rings is 3. The van der Waals surface area contributed by atoms with E-state index in [1.165, 1.54) is 12.1 Å². The Hall–Kier alpha value is -4.26. The fourth-order valence-electron chi connectivity index (χ4n) is 4.44. The predicted molar refractivity (Wildman–Crippen MR) is 139 cm³/mol. The number of hydrogen-bond acceptors (Lipinski definition) is 4. The first-order valence-electron chi connectivity index (χ1n) is 12.2. The number of hydrogen-bond donors (Lipinski definition) is 1. The Kier molecular flexibility index (Phi) is 7.82. The molecule has 1 unspecified atom stereocenters. The molecule has 0 saturated heterocycles. The second kappa shape index (κ2) is 11.2. The Labute approximate surface area is 215 Å². The summed E-state index contributed by atoms with van der Waals surface area (Å²) in [7, 11) is 0. The van der Waals surface area contributed by atoms with Gasteiger partial charge in [-0.15, -0.1) is 0 Å². The van der Waals surface area contributed by atoms with Crippen molar-refractivity contribution in [1.82, 2.24) is 4.90 Å². The van der Waals surface area contributed by atoms with E-state index in [2.05, 4.69) is 5.32 Å². The third-order valence-corrected chi connectivity index (χ3v) is 6.46. The summed E-state index contributed by atoms with van der Waals surface area (Å²) in [4.78, 5) is 40.3. The quantitative estimate of drug-likeness (QED) is 0.420. The maximum Gasteiger partial charge on any atom is 0.336 e. The number of carbonyl (C=O) groups excluding carboxylic acids is 3. The largest absolute Gasteiger partial charge is 0.463 e. The Balaban J connectivity index is 1.55. The normalized spacial score (nSPS) is 15.5. The average molecular weight is 501 g/mol. The second-order valence-corrected chi connectivity index (χ2v) is 9.02. The number of nitrogens with one attached hydrogen (secondary N) is 1. The van der Waals surface area contributed by atoms with Crippen molar-refractivity contribution in [2.45, 2.75) is 39.7 Å². The van der Waals surface area contributed by atoms with Crippen molar-refractivity contribution in [3.05, 3.63) is 112 Å². The van der Waals surface area contributed by atoms with Crippen LogP contribution in [-0.2, 0) is 20.9 Å². The zero-order chi connectivity index (χ0) is 26.5. The molecule has 0 spiro atoms. The number of ether oxygens (including phenoxy) is 1. The number of amides is 2. The van der Waals surface area contributed by atoms with Gasteiger partial charge in [0.25, 0.3) is 5.91 Å². The highest BCUT2D eigenvalue weighted by Crippen LogP contribution is 2.37. The minimum atomic E-state index is -0.517. The number of anilines is 1. The molecule has 0 fully saturated rings. The molecule has 0 radical (unpaired) electrons. The predicted octanol–water partition coefficient (Wildman–Crippen LogP) is 5.74. The molecular weight excluding hydrogens is 471 g/mol. The van der Waals surface area contributed by atoms with Crippen molar-refractivity contribution < 1.29 is 23.5 Å². The summed E-state index contributed by atoms with van der Waals surface area (Å²) in [5.74, 6) is -1.78. The fraction of sp³-hybridized carbons (Fsp3) is 0.233. The number of halogens is 1. The number of nitrogens with zero attached hydrogens (tertiary/aromatic N) is 1. The SMILES string of the molecule is CCOC(=O)C1=C(C)N(Cc2ccc(C(=O)Nc3ccc(C)cc3)cc2)C(=O)CC1c1ccc(F)cc1. The van der Waals surface area contributed by atoms with Crippen LogP contribution >= 0.6 is 0 Å². The van der Waals surface area contributed by atoms with Crippen molar-refractivity contribution in [1.29, 1.82) is 0 Å². The van der Waals surface area contributed by atoms with Crippen molar-refractivity contribution in [3.63, 3.8) is 0 Å². The Bertz CT molecular complexity index is 1330. The summed E-state index contributed by atoms with van der Waals surface area (Å²) >= 11 is 0. The molecule has 3 aromatic rings. The highest BCUT2D eigenvalue weighted by atomic mass is 19.1. The van der Waals surface area contributed by atoms with E-state index in [4.69, 9.17) is 4.74 Å². The number of esters is 1. The molecule has 3 aromatic carbocycles. The van der Waals surface area contributed by atoms with Gasteiger partial charge in [0, 0.05) is 29.3 Å². The zero-order valence-electron chi connectivity index (χ0n) is 21.1. The number of rotatable bonds is 7. The lowest BCUT2D eigenvalue weighted by Crippen LogP contribution is -2.38. The molecule has 1 atom stereocenters. The van der Waals surface area contributed by atoms with Gasteiger partial charge in [-0.05, 0) is 68.3 Å². The molecule has 1 N–H and O–H groups in total. The monoisotopic (exact) mass is 500 g/mol. The topological polar surface area (TPSA) is 75.7 Å². The maximum absolute atomic E-state index is 13.5. The van der Waals surface area contributed by atoms with Crippen molar-refractivity contribution in [2.75, 3.05) is 11.9 Å². The van der Waals surface area contributed by atoms with Gasteiger partial charge in [0.1, 0.15) is 5.82 Å². The van der Waals surface area contributed by atoms with Gasteiger partial charge in [0.05, 0.1) is 18.7 Å². The minimum absolute atomic E-state index is 0.0637. The first kappa shape index (κ1) is 25.8. The zero-order valence-corrected chi connectivity index (χ0v) is 21.1. The van der Waals surface area contributed by atoms with Crippen LogP contribution in [0.3, 0.4) is 0 Å². The summed E-state index contributed by atoms with van der Waals surface area (Å²) in [6.07, 6.45) is 0.0637. The molecule has 2 amide bonds. The number of aryl methyl sites for hydroxylation is 1. The van der Waals surface area contributed by atoms with E-state index in [-0.39, 0.29) is 37.2 Å². The first-order valence-corrected chi connectivity index (χ1v) is 12.2. The summed E-state index contributed by atoms with van der Waals surface area (Å²) < 4.78 is 18.8. The van der Waals surface area contributed by atoms with Crippen LogP contribution in [-0.4, -0.2) is 29.3 Å². The third kappa shape index (κ3) is 5.94. The number of carbonyl (C=O) groups is 3. The second-order valence-electron chi connectivity index (χ2n) is 9.02. The van der Waals surface area contributed by atoms with Crippen molar-refractivity contribution in [2.24, 2.45) is 0 Å². The van der Waals surface area contributed by atoms with Gasteiger partial charge in [0.2, 0.25) is 5.91 Å². The van der Waals surface area contributed by atoms with Crippen molar-refractivity contribution >= 4 is 23.5 Å². The maximum atomic E-state index is 13.5. The standard InChI is InChI=1S/C30H29FN2O4/c1-4-37-30(36)28-20(3)33(27(34)17-26(28)22-11-13-24(31)14-12-22)18-21-7-9-23(10-8-21)29(35)32-25-15-5-19(2)6-16-25/h5-16,26H,4,17-18H2,1-3H3,(H,32,35). The molecule has 4 rings (SSSR count). The van der Waals surface area contributed by atoms with Gasteiger partial charge in [0.15, 0.2) is 0 Å². The third-order valence-electron chi connectivity index (χ3n) is 6.46. The lowest BCUT2D eigenvalue weighted by atomic mass is 9.83. The van der Waals surface area contributed by atoms with Crippen LogP contribution < -0.4 is 5.32 Å². The van der Waals surface area contributed by atoms with E-state index < -0.39 is 11.9 Å². The summed E-state index contributed by atoms with van der Waals surface area (Å²) in [5, 5.41) is 2.87. The van der Waals surface area contributed by atoms with E-state index in [9.17, 15) is 18.8 Å². The number of allylic oxidation sites excluding steroid dienone is 1. The van der Waals surface area contributed by atoms with E-state index in [0.717, 1.165) is 11.1 Å². The summed E-state index contributed by atoms with van der Waals surface area (Å²) in [6.45, 7) is 5.87. The lowest BCUT2D eigenvalue weighted by Gasteiger charge is -2.34. The molecular formula is C30H29FN2O4. The van der Waals surface area contributed by atoms with Crippen LogP contribution in [0.1, 0.15) is 53.2 Å². The van der Waals surface area contributed by atoms with E-state index in [0.29, 0.717) is 28.1 Å². The van der Waals surface area contributed by atoms with Gasteiger partial charge in [-0.1, -0.05) is 42.0 Å². The molecule has 190 valence electrons. The van der Waals surface area contributed by atoms with Crippen LogP contribution in [0.4, 0.5) is 10.1 Å². The van der Waals surface area contributed by atoms with Crippen molar-refractivity contribution in [3.8, 4) is 0 Å². The smallest absolute Gasteiger partial charge is 0.336 e. The van der Waals surface area contributed by atoms with E-state index in [1.807, 2.05) is 31.2 Å². The van der Waals surface area contributed by atoms with Gasteiger partial charge >= 0.3 is 5.97 Å². The minimum Gasteiger partial charge on any atom is -0.463 e. The molecule has 1 heterocycles. The molecule has 1 aliphatic heterocycles. The Morgan fingerprint density at radius 3 is 2.24 bits per heavy atom. The molecule has 0 saturated carbocycles. The summed E-state index contributed by atoms with van der Waals surface area (Å²) in [6, 6.07) is 20.4. The molecule has 6 nitrogen and oxygen atoms in total. The molecule has 0 aliphatic carbocycles. The molecule has 0 bridgehead atoms.